The molecule has 1 aromatic heterocycles. The lowest BCUT2D eigenvalue weighted by molar-refractivity contribution is 0.114. The number of nitrogens with one attached hydrogen (secondary N) is 2. The van der Waals surface area contributed by atoms with Crippen molar-refractivity contribution in [1.82, 2.24) is 10.6 Å². The predicted octanol–water partition coefficient (Wildman–Crippen LogP) is 2.97. The van der Waals surface area contributed by atoms with Gasteiger partial charge in [0.05, 0.1) is 18.2 Å². The molecule has 0 spiro atoms. The van der Waals surface area contributed by atoms with Crippen molar-refractivity contribution in [2.45, 2.75) is 38.5 Å². The van der Waals surface area contributed by atoms with Gasteiger partial charge in [0, 0.05) is 12.0 Å². The van der Waals surface area contributed by atoms with E-state index in [1.165, 1.54) is 0 Å². The summed E-state index contributed by atoms with van der Waals surface area (Å²) in [7, 11) is 0. The zero-order valence-electron chi connectivity index (χ0n) is 12.3. The normalized spacial score (nSPS) is 23.1. The van der Waals surface area contributed by atoms with Gasteiger partial charge in [-0.15, -0.1) is 0 Å². The van der Waals surface area contributed by atoms with Gasteiger partial charge in [-0.2, -0.15) is 0 Å². The average molecular weight is 288 g/mol. The number of hydrogen-bond donors (Lipinski definition) is 2. The standard InChI is InChI=1S/C16H20N2O3/c1-10(15-9-12-5-3-4-6-14(12)21-15)17-16(19)18-13-7-8-20-11(13)2/h3-6,9-11,13H,7-8H2,1-2H3,(H2,17,18,19)/t10-,11?,13?/m1/s1. The number of benzene rings is 1. The molecule has 2 aromatic rings. The number of ether oxygens (including phenoxy) is 1. The summed E-state index contributed by atoms with van der Waals surface area (Å²) in [5.41, 5.74) is 0.833. The number of para-hydroxylation sites is 1. The zero-order valence-corrected chi connectivity index (χ0v) is 12.3. The summed E-state index contributed by atoms with van der Waals surface area (Å²) >= 11 is 0. The topological polar surface area (TPSA) is 63.5 Å². The summed E-state index contributed by atoms with van der Waals surface area (Å²) in [6, 6.07) is 9.47. The van der Waals surface area contributed by atoms with Gasteiger partial charge in [-0.25, -0.2) is 4.79 Å². The highest BCUT2D eigenvalue weighted by atomic mass is 16.5. The molecule has 5 heteroatoms. The summed E-state index contributed by atoms with van der Waals surface area (Å²) in [6.45, 7) is 4.58. The molecule has 2 unspecified atom stereocenters. The van der Waals surface area contributed by atoms with Gasteiger partial charge in [0.15, 0.2) is 0 Å². The fourth-order valence-electron chi connectivity index (χ4n) is 2.61. The number of fused-ring (bicyclic) bond motifs is 1. The van der Waals surface area contributed by atoms with E-state index in [0.29, 0.717) is 6.61 Å². The van der Waals surface area contributed by atoms with Crippen LogP contribution in [0.3, 0.4) is 0 Å². The Bertz CT molecular complexity index is 604. The molecule has 2 N–H and O–H groups in total. The first-order valence-electron chi connectivity index (χ1n) is 7.30. The quantitative estimate of drug-likeness (QED) is 0.912. The first-order chi connectivity index (χ1) is 10.1. The van der Waals surface area contributed by atoms with Crippen molar-refractivity contribution in [3.63, 3.8) is 0 Å². The third-order valence-corrected chi connectivity index (χ3v) is 3.91. The molecular formula is C16H20N2O3. The van der Waals surface area contributed by atoms with Gasteiger partial charge in [0.2, 0.25) is 0 Å². The fourth-order valence-corrected chi connectivity index (χ4v) is 2.61. The second-order valence-electron chi connectivity index (χ2n) is 5.50. The van der Waals surface area contributed by atoms with Gasteiger partial charge >= 0.3 is 6.03 Å². The van der Waals surface area contributed by atoms with Crippen molar-refractivity contribution in [2.24, 2.45) is 0 Å². The van der Waals surface area contributed by atoms with E-state index in [0.717, 1.165) is 23.2 Å². The number of rotatable bonds is 3. The Kier molecular flexibility index (Phi) is 3.84. The van der Waals surface area contributed by atoms with Crippen LogP contribution in [-0.2, 0) is 4.74 Å². The third kappa shape index (κ3) is 3.03. The molecule has 1 aliphatic rings. The molecule has 112 valence electrons. The van der Waals surface area contributed by atoms with Crippen molar-refractivity contribution < 1.29 is 13.9 Å². The van der Waals surface area contributed by atoms with Crippen LogP contribution in [0.25, 0.3) is 11.0 Å². The lowest BCUT2D eigenvalue weighted by Crippen LogP contribution is -2.45. The minimum atomic E-state index is -0.190. The van der Waals surface area contributed by atoms with Crippen LogP contribution in [0.1, 0.15) is 32.1 Å². The van der Waals surface area contributed by atoms with E-state index in [-0.39, 0.29) is 24.2 Å². The molecule has 3 rings (SSSR count). The molecule has 0 radical (unpaired) electrons. The Balaban J connectivity index is 1.62. The molecule has 2 heterocycles. The van der Waals surface area contributed by atoms with Crippen LogP contribution < -0.4 is 10.6 Å². The lowest BCUT2D eigenvalue weighted by atomic mass is 10.1. The second-order valence-corrected chi connectivity index (χ2v) is 5.50. The predicted molar refractivity (Wildman–Crippen MR) is 80.1 cm³/mol. The lowest BCUT2D eigenvalue weighted by Gasteiger charge is -2.18. The summed E-state index contributed by atoms with van der Waals surface area (Å²) < 4.78 is 11.2. The van der Waals surface area contributed by atoms with E-state index in [1.807, 2.05) is 44.2 Å². The molecule has 2 amide bonds. The Labute approximate surface area is 123 Å². The molecule has 0 saturated carbocycles. The largest absolute Gasteiger partial charge is 0.459 e. The molecule has 21 heavy (non-hydrogen) atoms. The number of carbonyl (C=O) groups excluding carboxylic acids is 1. The van der Waals surface area contributed by atoms with Gasteiger partial charge in [0.1, 0.15) is 11.3 Å². The highest BCUT2D eigenvalue weighted by Gasteiger charge is 2.26. The molecule has 1 aliphatic heterocycles. The van der Waals surface area contributed by atoms with Crippen LogP contribution in [0.4, 0.5) is 4.79 Å². The molecule has 1 fully saturated rings. The number of urea groups is 1. The maximum Gasteiger partial charge on any atom is 0.315 e. The van der Waals surface area contributed by atoms with E-state index < -0.39 is 0 Å². The van der Waals surface area contributed by atoms with Crippen LogP contribution in [0.15, 0.2) is 34.7 Å². The van der Waals surface area contributed by atoms with Gasteiger partial charge in [-0.05, 0) is 32.4 Å². The monoisotopic (exact) mass is 288 g/mol. The van der Waals surface area contributed by atoms with Gasteiger partial charge in [0.25, 0.3) is 0 Å². The van der Waals surface area contributed by atoms with Crippen LogP contribution in [0, 0.1) is 0 Å². The highest BCUT2D eigenvalue weighted by Crippen LogP contribution is 2.23. The van der Waals surface area contributed by atoms with Crippen molar-refractivity contribution in [3.05, 3.63) is 36.1 Å². The Hall–Kier alpha value is -2.01. The minimum absolute atomic E-state index is 0.0669. The van der Waals surface area contributed by atoms with E-state index in [2.05, 4.69) is 10.6 Å². The number of hydrogen-bond acceptors (Lipinski definition) is 3. The van der Waals surface area contributed by atoms with E-state index in [4.69, 9.17) is 9.15 Å². The summed E-state index contributed by atoms with van der Waals surface area (Å²) in [5, 5.41) is 6.89. The first kappa shape index (κ1) is 13.9. The minimum Gasteiger partial charge on any atom is -0.459 e. The summed E-state index contributed by atoms with van der Waals surface area (Å²) in [5.74, 6) is 0.752. The van der Waals surface area contributed by atoms with E-state index >= 15 is 0 Å². The first-order valence-corrected chi connectivity index (χ1v) is 7.30. The van der Waals surface area contributed by atoms with Crippen LogP contribution in [-0.4, -0.2) is 24.8 Å². The SMILES string of the molecule is CC1OCCC1NC(=O)N[C@H](C)c1cc2ccccc2o1. The maximum atomic E-state index is 12.0. The van der Waals surface area contributed by atoms with Gasteiger partial charge < -0.3 is 19.8 Å². The highest BCUT2D eigenvalue weighted by molar-refractivity contribution is 5.78. The molecule has 0 aliphatic carbocycles. The fraction of sp³-hybridized carbons (Fsp3) is 0.438. The number of furan rings is 1. The van der Waals surface area contributed by atoms with Crippen molar-refractivity contribution in [2.75, 3.05) is 6.61 Å². The van der Waals surface area contributed by atoms with Gasteiger partial charge in [-0.3, -0.25) is 0 Å². The van der Waals surface area contributed by atoms with E-state index in [1.54, 1.807) is 0 Å². The third-order valence-electron chi connectivity index (χ3n) is 3.91. The second kappa shape index (κ2) is 5.77. The molecule has 1 saturated heterocycles. The Morgan fingerprint density at radius 2 is 2.19 bits per heavy atom. The Morgan fingerprint density at radius 3 is 2.90 bits per heavy atom. The van der Waals surface area contributed by atoms with Crippen molar-refractivity contribution >= 4 is 17.0 Å². The zero-order chi connectivity index (χ0) is 14.8. The van der Waals surface area contributed by atoms with Gasteiger partial charge in [-0.1, -0.05) is 18.2 Å². The maximum absolute atomic E-state index is 12.0. The van der Waals surface area contributed by atoms with Crippen LogP contribution in [0.5, 0.6) is 0 Å². The van der Waals surface area contributed by atoms with E-state index in [9.17, 15) is 4.79 Å². The van der Waals surface area contributed by atoms with Crippen molar-refractivity contribution in [3.8, 4) is 0 Å². The average Bonchev–Trinajstić information content (AvgIpc) is 3.05. The Morgan fingerprint density at radius 1 is 1.38 bits per heavy atom. The molecular weight excluding hydrogens is 268 g/mol. The van der Waals surface area contributed by atoms with Crippen LogP contribution >= 0.6 is 0 Å². The smallest absolute Gasteiger partial charge is 0.315 e. The summed E-state index contributed by atoms with van der Waals surface area (Å²) in [4.78, 5) is 12.0. The number of carbonyl (C=O) groups is 1. The molecule has 0 bridgehead atoms. The molecule has 3 atom stereocenters. The van der Waals surface area contributed by atoms with Crippen LogP contribution in [0.2, 0.25) is 0 Å². The molecule has 1 aromatic carbocycles. The number of amides is 2. The van der Waals surface area contributed by atoms with Crippen molar-refractivity contribution in [1.29, 1.82) is 0 Å². The molecule has 5 nitrogen and oxygen atoms in total. The summed E-state index contributed by atoms with van der Waals surface area (Å²) in [6.07, 6.45) is 0.922.